The van der Waals surface area contributed by atoms with Crippen LogP contribution in [0.25, 0.3) is 0 Å². The number of carbonyl (C=O) groups excluding carboxylic acids is 1. The predicted molar refractivity (Wildman–Crippen MR) is 44.1 cm³/mol. The molecule has 0 heterocycles. The maximum Gasteiger partial charge on any atom is 0.235 e. The normalized spacial score (nSPS) is 24.7. The Morgan fingerprint density at radius 1 is 1.45 bits per heavy atom. The van der Waals surface area contributed by atoms with Gasteiger partial charge in [-0.2, -0.15) is 0 Å². The minimum absolute atomic E-state index is 0.205. The van der Waals surface area contributed by atoms with E-state index in [0.717, 1.165) is 19.3 Å². The van der Waals surface area contributed by atoms with Gasteiger partial charge in [-0.15, -0.1) is 0 Å². The first kappa shape index (κ1) is 8.22. The monoisotopic (exact) mass is 151 g/mol. The molecule has 0 spiro atoms. The molecule has 60 valence electrons. The van der Waals surface area contributed by atoms with Crippen LogP contribution in [-0.2, 0) is 4.79 Å². The number of allylic oxidation sites excluding steroid dienone is 1. The van der Waals surface area contributed by atoms with Crippen LogP contribution in [0.2, 0.25) is 0 Å². The first-order valence-electron chi connectivity index (χ1n) is 3.96. The van der Waals surface area contributed by atoms with Gasteiger partial charge < -0.3 is 0 Å². The molecule has 1 rings (SSSR count). The Balaban J connectivity index is 2.64. The molecular weight excluding hydrogens is 138 g/mol. The van der Waals surface area contributed by atoms with Gasteiger partial charge in [0.15, 0.2) is 0 Å². The van der Waals surface area contributed by atoms with E-state index in [1.54, 1.807) is 6.08 Å². The minimum atomic E-state index is 0.205. The van der Waals surface area contributed by atoms with Crippen LogP contribution in [0.1, 0.15) is 33.1 Å². The van der Waals surface area contributed by atoms with Crippen LogP contribution < -0.4 is 0 Å². The molecule has 11 heavy (non-hydrogen) atoms. The summed E-state index contributed by atoms with van der Waals surface area (Å²) >= 11 is 0. The SMILES string of the molecule is CC1=C(C)CC(N=C=O)CC1. The van der Waals surface area contributed by atoms with Crippen LogP contribution in [0.4, 0.5) is 0 Å². The zero-order valence-electron chi connectivity index (χ0n) is 7.05. The maximum atomic E-state index is 9.95. The van der Waals surface area contributed by atoms with Crippen molar-refractivity contribution in [1.82, 2.24) is 0 Å². The van der Waals surface area contributed by atoms with Crippen molar-refractivity contribution >= 4 is 6.08 Å². The summed E-state index contributed by atoms with van der Waals surface area (Å²) in [6.07, 6.45) is 4.67. The van der Waals surface area contributed by atoms with Gasteiger partial charge in [0, 0.05) is 0 Å². The molecule has 1 aliphatic carbocycles. The topological polar surface area (TPSA) is 29.4 Å². The first-order valence-corrected chi connectivity index (χ1v) is 3.96. The highest BCUT2D eigenvalue weighted by molar-refractivity contribution is 5.34. The Morgan fingerprint density at radius 2 is 2.18 bits per heavy atom. The lowest BCUT2D eigenvalue weighted by Gasteiger charge is -2.19. The maximum absolute atomic E-state index is 9.95. The summed E-state index contributed by atoms with van der Waals surface area (Å²) in [4.78, 5) is 13.7. The highest BCUT2D eigenvalue weighted by Gasteiger charge is 2.14. The molecule has 0 aromatic carbocycles. The van der Waals surface area contributed by atoms with Gasteiger partial charge in [0.2, 0.25) is 6.08 Å². The van der Waals surface area contributed by atoms with Crippen LogP contribution in [0.3, 0.4) is 0 Å². The van der Waals surface area contributed by atoms with Crippen LogP contribution in [0, 0.1) is 0 Å². The highest BCUT2D eigenvalue weighted by Crippen LogP contribution is 2.25. The van der Waals surface area contributed by atoms with Crippen molar-refractivity contribution in [2.24, 2.45) is 4.99 Å². The van der Waals surface area contributed by atoms with Gasteiger partial charge in [-0.05, 0) is 33.1 Å². The minimum Gasteiger partial charge on any atom is -0.211 e. The lowest BCUT2D eigenvalue weighted by atomic mass is 9.90. The third-order valence-corrected chi connectivity index (χ3v) is 2.36. The average molecular weight is 151 g/mol. The quantitative estimate of drug-likeness (QED) is 0.321. The summed E-state index contributed by atoms with van der Waals surface area (Å²) in [6.45, 7) is 4.26. The second-order valence-electron chi connectivity index (χ2n) is 3.18. The number of hydrogen-bond donors (Lipinski definition) is 0. The summed E-state index contributed by atoms with van der Waals surface area (Å²) in [5, 5.41) is 0. The van der Waals surface area contributed by atoms with E-state index in [1.165, 1.54) is 11.1 Å². The molecule has 0 amide bonds. The predicted octanol–water partition coefficient (Wildman–Crippen LogP) is 2.21. The Hall–Kier alpha value is -0.880. The fourth-order valence-corrected chi connectivity index (χ4v) is 1.41. The fraction of sp³-hybridized carbons (Fsp3) is 0.667. The van der Waals surface area contributed by atoms with Crippen molar-refractivity contribution in [3.8, 4) is 0 Å². The molecule has 0 aromatic heterocycles. The van der Waals surface area contributed by atoms with Crippen molar-refractivity contribution in [2.75, 3.05) is 0 Å². The highest BCUT2D eigenvalue weighted by atomic mass is 16.1. The average Bonchev–Trinajstić information content (AvgIpc) is 1.98. The Labute approximate surface area is 67.0 Å². The Bertz CT molecular complexity index is 224. The molecule has 0 aliphatic heterocycles. The molecule has 0 fully saturated rings. The second kappa shape index (κ2) is 3.49. The molecule has 2 heteroatoms. The van der Waals surface area contributed by atoms with Gasteiger partial charge in [0.1, 0.15) is 0 Å². The van der Waals surface area contributed by atoms with E-state index in [-0.39, 0.29) is 6.04 Å². The van der Waals surface area contributed by atoms with Gasteiger partial charge in [0.05, 0.1) is 6.04 Å². The van der Waals surface area contributed by atoms with Crippen molar-refractivity contribution < 1.29 is 4.79 Å². The molecule has 2 nitrogen and oxygen atoms in total. The van der Waals surface area contributed by atoms with Gasteiger partial charge in [-0.3, -0.25) is 0 Å². The number of rotatable bonds is 1. The summed E-state index contributed by atoms with van der Waals surface area (Å²) in [5.41, 5.74) is 2.85. The Kier molecular flexibility index (Phi) is 2.61. The van der Waals surface area contributed by atoms with E-state index in [4.69, 9.17) is 0 Å². The van der Waals surface area contributed by atoms with E-state index in [2.05, 4.69) is 18.8 Å². The van der Waals surface area contributed by atoms with Crippen molar-refractivity contribution in [3.05, 3.63) is 11.1 Å². The Morgan fingerprint density at radius 3 is 2.73 bits per heavy atom. The summed E-state index contributed by atoms with van der Waals surface area (Å²) in [5.74, 6) is 0. The second-order valence-corrected chi connectivity index (χ2v) is 3.18. The van der Waals surface area contributed by atoms with Crippen LogP contribution in [-0.4, -0.2) is 12.1 Å². The van der Waals surface area contributed by atoms with Crippen LogP contribution in [0.15, 0.2) is 16.1 Å². The molecule has 1 unspecified atom stereocenters. The molecule has 0 radical (unpaired) electrons. The summed E-state index contributed by atoms with van der Waals surface area (Å²) in [7, 11) is 0. The third kappa shape index (κ3) is 2.02. The van der Waals surface area contributed by atoms with E-state index >= 15 is 0 Å². The molecule has 0 aromatic rings. The molecule has 1 atom stereocenters. The standard InChI is InChI=1S/C9H13NO/c1-7-3-4-9(10-6-11)5-8(7)2/h9H,3-5H2,1-2H3. The van der Waals surface area contributed by atoms with E-state index < -0.39 is 0 Å². The van der Waals surface area contributed by atoms with Gasteiger partial charge in [-0.1, -0.05) is 11.1 Å². The van der Waals surface area contributed by atoms with Gasteiger partial charge >= 0.3 is 0 Å². The lowest BCUT2D eigenvalue weighted by Crippen LogP contribution is -2.10. The number of aliphatic imine (C=N–C) groups is 1. The van der Waals surface area contributed by atoms with E-state index in [9.17, 15) is 4.79 Å². The number of isocyanates is 1. The number of nitrogens with zero attached hydrogens (tertiary/aromatic N) is 1. The van der Waals surface area contributed by atoms with E-state index in [0.29, 0.717) is 0 Å². The first-order chi connectivity index (χ1) is 5.24. The zero-order valence-corrected chi connectivity index (χ0v) is 7.05. The fourth-order valence-electron chi connectivity index (χ4n) is 1.41. The summed E-state index contributed by atoms with van der Waals surface area (Å²) < 4.78 is 0. The van der Waals surface area contributed by atoms with E-state index in [1.807, 2.05) is 0 Å². The molecule has 1 aliphatic rings. The van der Waals surface area contributed by atoms with Crippen molar-refractivity contribution in [2.45, 2.75) is 39.2 Å². The summed E-state index contributed by atoms with van der Waals surface area (Å²) in [6, 6.07) is 0.205. The van der Waals surface area contributed by atoms with Crippen LogP contribution in [0.5, 0.6) is 0 Å². The largest absolute Gasteiger partial charge is 0.235 e. The molecule has 0 N–H and O–H groups in total. The zero-order chi connectivity index (χ0) is 8.27. The lowest BCUT2D eigenvalue weighted by molar-refractivity contribution is 0.537. The van der Waals surface area contributed by atoms with Gasteiger partial charge in [0.25, 0.3) is 0 Å². The third-order valence-electron chi connectivity index (χ3n) is 2.36. The smallest absolute Gasteiger partial charge is 0.211 e. The van der Waals surface area contributed by atoms with Gasteiger partial charge in [-0.25, -0.2) is 9.79 Å². The van der Waals surface area contributed by atoms with Crippen LogP contribution >= 0.6 is 0 Å². The van der Waals surface area contributed by atoms with Crippen molar-refractivity contribution in [3.63, 3.8) is 0 Å². The molecule has 0 saturated carbocycles. The molecule has 0 saturated heterocycles. The van der Waals surface area contributed by atoms with Crippen molar-refractivity contribution in [1.29, 1.82) is 0 Å². The number of hydrogen-bond acceptors (Lipinski definition) is 2. The molecule has 0 bridgehead atoms. The molecular formula is C9H13NO.